The molecule has 2 amide bonds. The number of amides is 2. The first-order valence-corrected chi connectivity index (χ1v) is 11.0. The van der Waals surface area contributed by atoms with E-state index < -0.39 is 30.1 Å². The lowest BCUT2D eigenvalue weighted by molar-refractivity contribution is -0.149. The molecule has 2 aromatic rings. The fourth-order valence-corrected chi connectivity index (χ4v) is 4.91. The van der Waals surface area contributed by atoms with E-state index in [1.165, 1.54) is 0 Å². The summed E-state index contributed by atoms with van der Waals surface area (Å²) in [6, 6.07) is 14.9. The molecule has 32 heavy (non-hydrogen) atoms. The maximum absolute atomic E-state index is 12.9. The van der Waals surface area contributed by atoms with Crippen molar-refractivity contribution in [3.63, 3.8) is 0 Å². The van der Waals surface area contributed by atoms with Crippen molar-refractivity contribution in [2.75, 3.05) is 13.2 Å². The molecule has 0 saturated carbocycles. The Morgan fingerprint density at radius 2 is 1.69 bits per heavy atom. The number of hydrogen-bond acceptors (Lipinski definition) is 4. The van der Waals surface area contributed by atoms with Gasteiger partial charge < -0.3 is 20.1 Å². The fraction of sp³-hybridized carbons (Fsp3) is 0.400. The first kappa shape index (κ1) is 21.9. The topological polar surface area (TPSA) is 95.9 Å². The standard InChI is InChI=1S/C25H28N2O5/c1-15(23(28)27-13-7-12-17(16(27)2)24(29)30)26-25(31)32-14-22-20-10-5-3-8-18(20)19-9-4-6-11-21(19)22/h3-6,8-11,15-17,22H,7,12-14H2,1-2H3,(H,26,31)(H,29,30)/t15?,16-,17-/m0/s1. The molecule has 1 unspecified atom stereocenters. The summed E-state index contributed by atoms with van der Waals surface area (Å²) in [4.78, 5) is 38.3. The number of carbonyl (C=O) groups is 3. The highest BCUT2D eigenvalue weighted by atomic mass is 16.5. The predicted molar refractivity (Wildman–Crippen MR) is 119 cm³/mol. The van der Waals surface area contributed by atoms with Gasteiger partial charge in [-0.15, -0.1) is 0 Å². The van der Waals surface area contributed by atoms with Gasteiger partial charge >= 0.3 is 12.1 Å². The van der Waals surface area contributed by atoms with Crippen LogP contribution in [0.5, 0.6) is 0 Å². The number of aliphatic carboxylic acids is 1. The number of alkyl carbamates (subject to hydrolysis) is 1. The van der Waals surface area contributed by atoms with E-state index in [-0.39, 0.29) is 18.4 Å². The van der Waals surface area contributed by atoms with E-state index in [4.69, 9.17) is 4.74 Å². The molecule has 3 atom stereocenters. The van der Waals surface area contributed by atoms with Crippen LogP contribution >= 0.6 is 0 Å². The molecule has 168 valence electrons. The summed E-state index contributed by atoms with van der Waals surface area (Å²) in [6.07, 6.45) is 0.520. The van der Waals surface area contributed by atoms with Gasteiger partial charge in [-0.3, -0.25) is 9.59 Å². The summed E-state index contributed by atoms with van der Waals surface area (Å²) in [7, 11) is 0. The van der Waals surface area contributed by atoms with Crippen LogP contribution in [-0.2, 0) is 14.3 Å². The molecule has 2 aromatic carbocycles. The Labute approximate surface area is 187 Å². The molecule has 0 aromatic heterocycles. The highest BCUT2D eigenvalue weighted by molar-refractivity contribution is 5.86. The number of likely N-dealkylation sites (tertiary alicyclic amines) is 1. The van der Waals surface area contributed by atoms with Crippen molar-refractivity contribution < 1.29 is 24.2 Å². The molecule has 1 fully saturated rings. The van der Waals surface area contributed by atoms with Gasteiger partial charge in [0.2, 0.25) is 5.91 Å². The lowest BCUT2D eigenvalue weighted by Gasteiger charge is -2.38. The summed E-state index contributed by atoms with van der Waals surface area (Å²) >= 11 is 0. The van der Waals surface area contributed by atoms with E-state index in [0.717, 1.165) is 22.3 Å². The Morgan fingerprint density at radius 1 is 1.09 bits per heavy atom. The number of carboxylic acid groups (broad SMARTS) is 1. The van der Waals surface area contributed by atoms with Crippen LogP contribution in [0.15, 0.2) is 48.5 Å². The van der Waals surface area contributed by atoms with Crippen LogP contribution in [0.1, 0.15) is 43.7 Å². The summed E-state index contributed by atoms with van der Waals surface area (Å²) in [5.74, 6) is -1.84. The Bertz CT molecular complexity index is 991. The zero-order valence-corrected chi connectivity index (χ0v) is 18.3. The van der Waals surface area contributed by atoms with Crippen molar-refractivity contribution in [1.82, 2.24) is 10.2 Å². The quantitative estimate of drug-likeness (QED) is 0.746. The molecule has 0 bridgehead atoms. The van der Waals surface area contributed by atoms with Gasteiger partial charge in [0.15, 0.2) is 0 Å². The Morgan fingerprint density at radius 3 is 2.28 bits per heavy atom. The minimum Gasteiger partial charge on any atom is -0.481 e. The second-order valence-corrected chi connectivity index (χ2v) is 8.55. The van der Waals surface area contributed by atoms with Gasteiger partial charge in [0.25, 0.3) is 0 Å². The maximum atomic E-state index is 12.9. The lowest BCUT2D eigenvalue weighted by Crippen LogP contribution is -2.55. The van der Waals surface area contributed by atoms with Crippen molar-refractivity contribution >= 4 is 18.0 Å². The SMILES string of the molecule is CC(NC(=O)OCC1c2ccccc2-c2ccccc21)C(=O)N1CCC[C@H](C(=O)O)[C@@H]1C. The van der Waals surface area contributed by atoms with Crippen LogP contribution < -0.4 is 5.32 Å². The van der Waals surface area contributed by atoms with Gasteiger partial charge in [-0.25, -0.2) is 4.79 Å². The predicted octanol–water partition coefficient (Wildman–Crippen LogP) is 3.63. The minimum absolute atomic E-state index is 0.0578. The molecule has 1 saturated heterocycles. The van der Waals surface area contributed by atoms with Gasteiger partial charge in [-0.1, -0.05) is 48.5 Å². The Hall–Kier alpha value is -3.35. The molecule has 0 radical (unpaired) electrons. The maximum Gasteiger partial charge on any atom is 0.407 e. The number of rotatable bonds is 5. The molecular formula is C25H28N2O5. The third-order valence-electron chi connectivity index (χ3n) is 6.64. The molecule has 4 rings (SSSR count). The molecule has 2 N–H and O–H groups in total. The van der Waals surface area contributed by atoms with Crippen LogP contribution in [0.25, 0.3) is 11.1 Å². The average molecular weight is 437 g/mol. The molecule has 7 heteroatoms. The number of piperidine rings is 1. The number of ether oxygens (including phenoxy) is 1. The zero-order chi connectivity index (χ0) is 22.8. The molecule has 1 aliphatic heterocycles. The lowest BCUT2D eigenvalue weighted by atomic mass is 9.90. The van der Waals surface area contributed by atoms with E-state index >= 15 is 0 Å². The van der Waals surface area contributed by atoms with Crippen molar-refractivity contribution in [1.29, 1.82) is 0 Å². The number of carboxylic acids is 1. The van der Waals surface area contributed by atoms with E-state index in [0.29, 0.717) is 19.4 Å². The molecule has 1 aliphatic carbocycles. The smallest absolute Gasteiger partial charge is 0.407 e. The number of nitrogens with zero attached hydrogens (tertiary/aromatic N) is 1. The van der Waals surface area contributed by atoms with Gasteiger partial charge in [0.05, 0.1) is 5.92 Å². The van der Waals surface area contributed by atoms with Gasteiger partial charge in [0.1, 0.15) is 12.6 Å². The van der Waals surface area contributed by atoms with Gasteiger partial charge in [-0.2, -0.15) is 0 Å². The van der Waals surface area contributed by atoms with Crippen LogP contribution in [0.2, 0.25) is 0 Å². The van der Waals surface area contributed by atoms with Crippen LogP contribution in [0.4, 0.5) is 4.79 Å². The average Bonchev–Trinajstić information content (AvgIpc) is 3.11. The third kappa shape index (κ3) is 4.07. The minimum atomic E-state index is -0.896. The molecule has 2 aliphatic rings. The number of benzene rings is 2. The highest BCUT2D eigenvalue weighted by Gasteiger charge is 2.37. The fourth-order valence-electron chi connectivity index (χ4n) is 4.91. The number of nitrogens with one attached hydrogen (secondary N) is 1. The normalized spacial score (nSPS) is 20.8. The molecule has 0 spiro atoms. The second-order valence-electron chi connectivity index (χ2n) is 8.55. The van der Waals surface area contributed by atoms with Crippen molar-refractivity contribution in [2.24, 2.45) is 5.92 Å². The largest absolute Gasteiger partial charge is 0.481 e. The van der Waals surface area contributed by atoms with Gasteiger partial charge in [-0.05, 0) is 48.9 Å². The summed E-state index contributed by atoms with van der Waals surface area (Å²) in [5.41, 5.74) is 4.53. The Balaban J connectivity index is 1.37. The second kappa shape index (κ2) is 9.02. The van der Waals surface area contributed by atoms with E-state index in [1.54, 1.807) is 18.7 Å². The van der Waals surface area contributed by atoms with Gasteiger partial charge in [0, 0.05) is 18.5 Å². The van der Waals surface area contributed by atoms with E-state index in [1.807, 2.05) is 36.4 Å². The first-order valence-electron chi connectivity index (χ1n) is 11.0. The van der Waals surface area contributed by atoms with Crippen molar-refractivity contribution in [2.45, 2.75) is 44.7 Å². The van der Waals surface area contributed by atoms with Crippen LogP contribution in [0.3, 0.4) is 0 Å². The van der Waals surface area contributed by atoms with Crippen molar-refractivity contribution in [3.8, 4) is 11.1 Å². The first-order chi connectivity index (χ1) is 15.4. The summed E-state index contributed by atoms with van der Waals surface area (Å²) in [5, 5.41) is 12.0. The summed E-state index contributed by atoms with van der Waals surface area (Å²) in [6.45, 7) is 4.00. The zero-order valence-electron chi connectivity index (χ0n) is 18.3. The number of carbonyl (C=O) groups excluding carboxylic acids is 2. The molecular weight excluding hydrogens is 408 g/mol. The number of hydrogen-bond donors (Lipinski definition) is 2. The van der Waals surface area contributed by atoms with Crippen LogP contribution in [0, 0.1) is 5.92 Å². The Kier molecular flexibility index (Phi) is 6.17. The summed E-state index contributed by atoms with van der Waals surface area (Å²) < 4.78 is 5.52. The van der Waals surface area contributed by atoms with Crippen molar-refractivity contribution in [3.05, 3.63) is 59.7 Å². The number of fused-ring (bicyclic) bond motifs is 3. The monoisotopic (exact) mass is 436 g/mol. The van der Waals surface area contributed by atoms with Crippen LogP contribution in [-0.4, -0.2) is 53.2 Å². The molecule has 7 nitrogen and oxygen atoms in total. The molecule has 1 heterocycles. The van der Waals surface area contributed by atoms with E-state index in [2.05, 4.69) is 17.4 Å². The highest BCUT2D eigenvalue weighted by Crippen LogP contribution is 2.44. The van der Waals surface area contributed by atoms with E-state index in [9.17, 15) is 19.5 Å². The third-order valence-corrected chi connectivity index (χ3v) is 6.64.